The van der Waals surface area contributed by atoms with E-state index in [0.29, 0.717) is 12.6 Å². The van der Waals surface area contributed by atoms with E-state index in [2.05, 4.69) is 21.7 Å². The smallest absolute Gasteiger partial charge is 0.319 e. The number of ether oxygens (including phenoxy) is 1. The van der Waals surface area contributed by atoms with Crippen molar-refractivity contribution in [2.45, 2.75) is 25.4 Å². The lowest BCUT2D eigenvalue weighted by atomic mass is 10.3. The molecule has 0 aliphatic heterocycles. The Morgan fingerprint density at radius 1 is 1.67 bits per heavy atom. The molecule has 4 heteroatoms. The van der Waals surface area contributed by atoms with Crippen LogP contribution in [0.15, 0.2) is 16.8 Å². The van der Waals surface area contributed by atoms with Crippen molar-refractivity contribution in [3.63, 3.8) is 0 Å². The number of hydrogen-bond donors (Lipinski definition) is 0. The van der Waals surface area contributed by atoms with Gasteiger partial charge in [0.2, 0.25) is 0 Å². The Bertz CT molecular complexity index is 319. The summed E-state index contributed by atoms with van der Waals surface area (Å²) in [6.45, 7) is 1.28. The number of carbonyl (C=O) groups is 1. The normalized spacial score (nSPS) is 15.6. The van der Waals surface area contributed by atoms with E-state index in [1.54, 1.807) is 11.3 Å². The molecule has 0 radical (unpaired) electrons. The number of esters is 1. The van der Waals surface area contributed by atoms with Crippen LogP contribution in [0, 0.1) is 0 Å². The maximum Gasteiger partial charge on any atom is 0.319 e. The van der Waals surface area contributed by atoms with Crippen LogP contribution in [-0.2, 0) is 16.1 Å². The van der Waals surface area contributed by atoms with Gasteiger partial charge in [-0.3, -0.25) is 9.69 Å². The van der Waals surface area contributed by atoms with E-state index >= 15 is 0 Å². The van der Waals surface area contributed by atoms with Gasteiger partial charge in [0.1, 0.15) is 0 Å². The van der Waals surface area contributed by atoms with Crippen LogP contribution < -0.4 is 0 Å². The first-order valence-electron chi connectivity index (χ1n) is 5.11. The fraction of sp³-hybridized carbons (Fsp3) is 0.545. The van der Waals surface area contributed by atoms with Gasteiger partial charge in [-0.25, -0.2) is 0 Å². The third kappa shape index (κ3) is 3.04. The molecule has 0 unspecified atom stereocenters. The zero-order chi connectivity index (χ0) is 10.7. The van der Waals surface area contributed by atoms with Crippen LogP contribution >= 0.6 is 11.3 Å². The van der Waals surface area contributed by atoms with Crippen molar-refractivity contribution in [3.05, 3.63) is 22.4 Å². The Balaban J connectivity index is 1.91. The summed E-state index contributed by atoms with van der Waals surface area (Å²) in [5.41, 5.74) is 1.29. The second-order valence-electron chi connectivity index (χ2n) is 3.84. The van der Waals surface area contributed by atoms with Crippen LogP contribution in [0.2, 0.25) is 0 Å². The number of thiophene rings is 1. The summed E-state index contributed by atoms with van der Waals surface area (Å²) in [6.07, 6.45) is 2.42. The molecule has 1 aliphatic rings. The molecule has 0 aromatic carbocycles. The molecule has 2 rings (SSSR count). The van der Waals surface area contributed by atoms with Crippen LogP contribution in [0.3, 0.4) is 0 Å². The Morgan fingerprint density at radius 3 is 3.00 bits per heavy atom. The van der Waals surface area contributed by atoms with Crippen LogP contribution in [-0.4, -0.2) is 30.6 Å². The van der Waals surface area contributed by atoms with E-state index in [9.17, 15) is 4.79 Å². The van der Waals surface area contributed by atoms with Crippen molar-refractivity contribution in [1.82, 2.24) is 4.90 Å². The largest absolute Gasteiger partial charge is 0.468 e. The molecule has 1 aromatic heterocycles. The Kier molecular flexibility index (Phi) is 3.38. The molecule has 0 amide bonds. The monoisotopic (exact) mass is 225 g/mol. The van der Waals surface area contributed by atoms with Gasteiger partial charge in [-0.15, -0.1) is 0 Å². The number of rotatable bonds is 5. The lowest BCUT2D eigenvalue weighted by Crippen LogP contribution is -2.31. The quantitative estimate of drug-likeness (QED) is 0.717. The van der Waals surface area contributed by atoms with E-state index in [-0.39, 0.29) is 5.97 Å². The molecule has 1 heterocycles. The summed E-state index contributed by atoms with van der Waals surface area (Å²) in [5, 5.41) is 4.20. The van der Waals surface area contributed by atoms with Crippen LogP contribution in [0.5, 0.6) is 0 Å². The van der Waals surface area contributed by atoms with Crippen molar-refractivity contribution < 1.29 is 9.53 Å². The summed E-state index contributed by atoms with van der Waals surface area (Å²) in [5.74, 6) is -0.142. The second-order valence-corrected chi connectivity index (χ2v) is 4.62. The van der Waals surface area contributed by atoms with Crippen molar-refractivity contribution >= 4 is 17.3 Å². The van der Waals surface area contributed by atoms with Gasteiger partial charge in [-0.2, -0.15) is 11.3 Å². The predicted octanol–water partition coefficient (Wildman–Crippen LogP) is 1.89. The highest BCUT2D eigenvalue weighted by molar-refractivity contribution is 7.07. The van der Waals surface area contributed by atoms with Crippen LogP contribution in [0.4, 0.5) is 0 Å². The summed E-state index contributed by atoms with van der Waals surface area (Å²) in [4.78, 5) is 13.4. The fourth-order valence-electron chi connectivity index (χ4n) is 1.60. The standard InChI is InChI=1S/C11H15NO2S/c1-14-11(13)7-12(10-2-3-10)6-9-4-5-15-8-9/h4-5,8,10H,2-3,6-7H2,1H3. The number of hydrogen-bond acceptors (Lipinski definition) is 4. The average molecular weight is 225 g/mol. The molecular weight excluding hydrogens is 210 g/mol. The molecule has 82 valence electrons. The molecule has 0 N–H and O–H groups in total. The van der Waals surface area contributed by atoms with Crippen molar-refractivity contribution in [3.8, 4) is 0 Å². The highest BCUT2D eigenvalue weighted by Crippen LogP contribution is 2.28. The first kappa shape index (κ1) is 10.6. The second kappa shape index (κ2) is 4.77. The van der Waals surface area contributed by atoms with Crippen molar-refractivity contribution in [2.24, 2.45) is 0 Å². The van der Waals surface area contributed by atoms with Gasteiger partial charge in [0, 0.05) is 12.6 Å². The minimum atomic E-state index is -0.142. The first-order chi connectivity index (χ1) is 7.29. The maximum absolute atomic E-state index is 11.2. The number of nitrogens with zero attached hydrogens (tertiary/aromatic N) is 1. The summed E-state index contributed by atoms with van der Waals surface area (Å²) in [7, 11) is 1.44. The van der Waals surface area contributed by atoms with E-state index in [1.807, 2.05) is 0 Å². The van der Waals surface area contributed by atoms with Gasteiger partial charge in [0.15, 0.2) is 0 Å². The Morgan fingerprint density at radius 2 is 2.47 bits per heavy atom. The molecular formula is C11H15NO2S. The molecule has 1 saturated carbocycles. The zero-order valence-electron chi connectivity index (χ0n) is 8.81. The molecule has 0 atom stereocenters. The maximum atomic E-state index is 11.2. The average Bonchev–Trinajstić information content (AvgIpc) is 2.97. The summed E-state index contributed by atoms with van der Waals surface area (Å²) >= 11 is 1.70. The van der Waals surface area contributed by atoms with E-state index in [0.717, 1.165) is 6.54 Å². The van der Waals surface area contributed by atoms with E-state index in [1.165, 1.54) is 25.5 Å². The molecule has 0 bridgehead atoms. The van der Waals surface area contributed by atoms with Gasteiger partial charge in [-0.05, 0) is 35.2 Å². The minimum absolute atomic E-state index is 0.142. The molecule has 1 fully saturated rings. The van der Waals surface area contributed by atoms with Crippen LogP contribution in [0.25, 0.3) is 0 Å². The lowest BCUT2D eigenvalue weighted by molar-refractivity contribution is -0.142. The van der Waals surface area contributed by atoms with Gasteiger partial charge >= 0.3 is 5.97 Å². The first-order valence-corrected chi connectivity index (χ1v) is 6.06. The van der Waals surface area contributed by atoms with E-state index in [4.69, 9.17) is 4.74 Å². The topological polar surface area (TPSA) is 29.5 Å². The zero-order valence-corrected chi connectivity index (χ0v) is 9.63. The van der Waals surface area contributed by atoms with Gasteiger partial charge in [-0.1, -0.05) is 0 Å². The van der Waals surface area contributed by atoms with Crippen LogP contribution in [0.1, 0.15) is 18.4 Å². The third-order valence-corrected chi connectivity index (χ3v) is 3.32. The Labute approximate surface area is 93.7 Å². The van der Waals surface area contributed by atoms with E-state index < -0.39 is 0 Å². The highest BCUT2D eigenvalue weighted by Gasteiger charge is 2.30. The number of carbonyl (C=O) groups excluding carboxylic acids is 1. The lowest BCUT2D eigenvalue weighted by Gasteiger charge is -2.19. The molecule has 3 nitrogen and oxygen atoms in total. The van der Waals surface area contributed by atoms with Gasteiger partial charge < -0.3 is 4.74 Å². The van der Waals surface area contributed by atoms with Crippen molar-refractivity contribution in [1.29, 1.82) is 0 Å². The SMILES string of the molecule is COC(=O)CN(Cc1ccsc1)C1CC1. The number of methoxy groups -OCH3 is 1. The molecule has 1 aliphatic carbocycles. The molecule has 0 spiro atoms. The summed E-state index contributed by atoms with van der Waals surface area (Å²) in [6, 6.07) is 2.70. The minimum Gasteiger partial charge on any atom is -0.468 e. The summed E-state index contributed by atoms with van der Waals surface area (Å²) < 4.78 is 4.70. The predicted molar refractivity (Wildman–Crippen MR) is 59.8 cm³/mol. The van der Waals surface area contributed by atoms with Gasteiger partial charge in [0.25, 0.3) is 0 Å². The van der Waals surface area contributed by atoms with Gasteiger partial charge in [0.05, 0.1) is 13.7 Å². The fourth-order valence-corrected chi connectivity index (χ4v) is 2.26. The molecule has 0 saturated heterocycles. The molecule has 15 heavy (non-hydrogen) atoms. The Hall–Kier alpha value is -0.870. The highest BCUT2D eigenvalue weighted by atomic mass is 32.1. The third-order valence-electron chi connectivity index (χ3n) is 2.59. The van der Waals surface area contributed by atoms with Crippen molar-refractivity contribution in [2.75, 3.05) is 13.7 Å². The molecule has 1 aromatic rings.